The van der Waals surface area contributed by atoms with Crippen LogP contribution in [0.5, 0.6) is 0 Å². The third kappa shape index (κ3) is 2.14. The number of halogens is 1. The van der Waals surface area contributed by atoms with Crippen molar-refractivity contribution in [3.05, 3.63) is 34.9 Å². The SMILES string of the molecule is COC(=O)C1C(=O)ON=C1c1ccc(Cl)cc1. The number of hydrogen-bond donors (Lipinski definition) is 0. The molecule has 1 atom stereocenters. The Morgan fingerprint density at radius 3 is 2.65 bits per heavy atom. The molecule has 5 nitrogen and oxygen atoms in total. The lowest BCUT2D eigenvalue weighted by atomic mass is 9.97. The first-order chi connectivity index (χ1) is 8.13. The summed E-state index contributed by atoms with van der Waals surface area (Å²) in [6.45, 7) is 0. The molecular weight excluding hydrogens is 246 g/mol. The highest BCUT2D eigenvalue weighted by Gasteiger charge is 2.40. The van der Waals surface area contributed by atoms with Gasteiger partial charge in [0, 0.05) is 10.6 Å². The van der Waals surface area contributed by atoms with Crippen LogP contribution in [0.1, 0.15) is 5.56 Å². The summed E-state index contributed by atoms with van der Waals surface area (Å²) in [4.78, 5) is 27.3. The first-order valence-electron chi connectivity index (χ1n) is 4.76. The van der Waals surface area contributed by atoms with Crippen LogP contribution in [-0.2, 0) is 19.2 Å². The van der Waals surface area contributed by atoms with Crippen molar-refractivity contribution in [2.75, 3.05) is 7.11 Å². The molecule has 6 heteroatoms. The van der Waals surface area contributed by atoms with Crippen LogP contribution in [0.2, 0.25) is 5.02 Å². The molecule has 0 bridgehead atoms. The van der Waals surface area contributed by atoms with Crippen LogP contribution in [0, 0.1) is 5.92 Å². The first kappa shape index (κ1) is 11.6. The van der Waals surface area contributed by atoms with Gasteiger partial charge in [-0.3, -0.25) is 4.79 Å². The highest BCUT2D eigenvalue weighted by molar-refractivity contribution is 6.31. The minimum absolute atomic E-state index is 0.235. The maximum absolute atomic E-state index is 11.4. The van der Waals surface area contributed by atoms with Crippen molar-refractivity contribution < 1.29 is 19.2 Å². The minimum Gasteiger partial charge on any atom is -0.468 e. The number of hydrogen-bond acceptors (Lipinski definition) is 5. The van der Waals surface area contributed by atoms with E-state index in [1.165, 1.54) is 7.11 Å². The average Bonchev–Trinajstić information content (AvgIpc) is 2.71. The van der Waals surface area contributed by atoms with Crippen LogP contribution in [0.3, 0.4) is 0 Å². The quantitative estimate of drug-likeness (QED) is 0.454. The molecule has 0 fully saturated rings. The normalized spacial score (nSPS) is 18.6. The Morgan fingerprint density at radius 2 is 2.06 bits per heavy atom. The molecule has 0 saturated heterocycles. The molecule has 1 heterocycles. The Labute approximate surface area is 102 Å². The Balaban J connectivity index is 2.34. The number of nitrogens with zero attached hydrogens (tertiary/aromatic N) is 1. The summed E-state index contributed by atoms with van der Waals surface area (Å²) in [6.07, 6.45) is 0. The molecule has 0 aromatic heterocycles. The summed E-state index contributed by atoms with van der Waals surface area (Å²) in [5.41, 5.74) is 0.828. The first-order valence-corrected chi connectivity index (χ1v) is 5.14. The summed E-state index contributed by atoms with van der Waals surface area (Å²) in [5.74, 6) is -2.55. The molecule has 1 unspecified atom stereocenters. The number of oxime groups is 1. The summed E-state index contributed by atoms with van der Waals surface area (Å²) in [7, 11) is 1.20. The monoisotopic (exact) mass is 253 g/mol. The molecule has 1 aromatic carbocycles. The zero-order valence-corrected chi connectivity index (χ0v) is 9.60. The maximum Gasteiger partial charge on any atom is 0.355 e. The second-order valence-electron chi connectivity index (χ2n) is 3.35. The molecule has 0 amide bonds. The van der Waals surface area contributed by atoms with Crippen molar-refractivity contribution in [2.24, 2.45) is 11.1 Å². The topological polar surface area (TPSA) is 65.0 Å². The Bertz CT molecular complexity index is 495. The smallest absolute Gasteiger partial charge is 0.355 e. The lowest BCUT2D eigenvalue weighted by molar-refractivity contribution is -0.154. The Kier molecular flexibility index (Phi) is 3.10. The highest BCUT2D eigenvalue weighted by Crippen LogP contribution is 2.21. The molecular formula is C11H8ClNO4. The van der Waals surface area contributed by atoms with Crippen LogP contribution < -0.4 is 0 Å². The molecule has 1 aromatic rings. The number of benzene rings is 1. The van der Waals surface area contributed by atoms with Crippen molar-refractivity contribution in [1.29, 1.82) is 0 Å². The van der Waals surface area contributed by atoms with Gasteiger partial charge >= 0.3 is 11.9 Å². The van der Waals surface area contributed by atoms with Crippen LogP contribution in [-0.4, -0.2) is 24.8 Å². The van der Waals surface area contributed by atoms with Crippen molar-refractivity contribution in [2.45, 2.75) is 0 Å². The van der Waals surface area contributed by atoms with Crippen molar-refractivity contribution in [1.82, 2.24) is 0 Å². The van der Waals surface area contributed by atoms with Gasteiger partial charge < -0.3 is 9.57 Å². The predicted molar refractivity (Wildman–Crippen MR) is 59.6 cm³/mol. The molecule has 88 valence electrons. The second kappa shape index (κ2) is 4.55. The number of methoxy groups -OCH3 is 1. The third-order valence-corrected chi connectivity index (χ3v) is 2.57. The third-order valence-electron chi connectivity index (χ3n) is 2.32. The van der Waals surface area contributed by atoms with E-state index in [9.17, 15) is 9.59 Å². The summed E-state index contributed by atoms with van der Waals surface area (Å²) in [5, 5.41) is 4.14. The standard InChI is InChI=1S/C11H8ClNO4/c1-16-10(14)8-9(13-17-11(8)15)6-2-4-7(12)5-3-6/h2-5,8H,1H3. The lowest BCUT2D eigenvalue weighted by Gasteiger charge is -2.06. The zero-order chi connectivity index (χ0) is 12.4. The van der Waals surface area contributed by atoms with Gasteiger partial charge in [-0.15, -0.1) is 0 Å². The van der Waals surface area contributed by atoms with Gasteiger partial charge in [0.25, 0.3) is 0 Å². The van der Waals surface area contributed by atoms with Crippen LogP contribution in [0.25, 0.3) is 0 Å². The van der Waals surface area contributed by atoms with E-state index in [0.29, 0.717) is 10.6 Å². The summed E-state index contributed by atoms with van der Waals surface area (Å²) >= 11 is 5.74. The molecule has 1 aliphatic rings. The summed E-state index contributed by atoms with van der Waals surface area (Å²) in [6, 6.07) is 6.57. The van der Waals surface area contributed by atoms with Gasteiger partial charge in [-0.25, -0.2) is 4.79 Å². The van der Waals surface area contributed by atoms with E-state index in [2.05, 4.69) is 14.7 Å². The largest absolute Gasteiger partial charge is 0.468 e. The molecule has 1 aliphatic heterocycles. The van der Waals surface area contributed by atoms with Gasteiger partial charge in [0.2, 0.25) is 5.92 Å². The molecule has 17 heavy (non-hydrogen) atoms. The van der Waals surface area contributed by atoms with Gasteiger partial charge in [0.15, 0.2) is 0 Å². The number of rotatable bonds is 2. The van der Waals surface area contributed by atoms with E-state index in [1.807, 2.05) is 0 Å². The van der Waals surface area contributed by atoms with Crippen LogP contribution >= 0.6 is 11.6 Å². The van der Waals surface area contributed by atoms with E-state index >= 15 is 0 Å². The number of carbonyl (C=O) groups excluding carboxylic acids is 2. The van der Waals surface area contributed by atoms with Gasteiger partial charge in [-0.2, -0.15) is 0 Å². The summed E-state index contributed by atoms with van der Waals surface area (Å²) < 4.78 is 4.53. The van der Waals surface area contributed by atoms with E-state index < -0.39 is 17.9 Å². The zero-order valence-electron chi connectivity index (χ0n) is 8.84. The molecule has 0 N–H and O–H groups in total. The fraction of sp³-hybridized carbons (Fsp3) is 0.182. The van der Waals surface area contributed by atoms with Gasteiger partial charge in [0.1, 0.15) is 5.71 Å². The van der Waals surface area contributed by atoms with E-state index in [-0.39, 0.29) is 5.71 Å². The minimum atomic E-state index is -1.12. The Hall–Kier alpha value is -1.88. The van der Waals surface area contributed by atoms with Crippen molar-refractivity contribution in [3.8, 4) is 0 Å². The molecule has 0 aliphatic carbocycles. The van der Waals surface area contributed by atoms with E-state index in [1.54, 1.807) is 24.3 Å². The number of ether oxygens (including phenoxy) is 1. The van der Waals surface area contributed by atoms with Crippen LogP contribution in [0.15, 0.2) is 29.4 Å². The lowest BCUT2D eigenvalue weighted by Crippen LogP contribution is -2.29. The fourth-order valence-corrected chi connectivity index (χ4v) is 1.60. The number of esters is 1. The van der Waals surface area contributed by atoms with Crippen molar-refractivity contribution >= 4 is 29.3 Å². The van der Waals surface area contributed by atoms with Crippen LogP contribution in [0.4, 0.5) is 0 Å². The predicted octanol–water partition coefficient (Wildman–Crippen LogP) is 1.39. The average molecular weight is 254 g/mol. The Morgan fingerprint density at radius 1 is 1.41 bits per heavy atom. The maximum atomic E-state index is 11.4. The van der Waals surface area contributed by atoms with E-state index in [0.717, 1.165) is 0 Å². The van der Waals surface area contributed by atoms with Gasteiger partial charge in [0.05, 0.1) is 7.11 Å². The molecule has 0 spiro atoms. The van der Waals surface area contributed by atoms with Gasteiger partial charge in [-0.1, -0.05) is 28.9 Å². The fourth-order valence-electron chi connectivity index (χ4n) is 1.48. The molecule has 2 rings (SSSR count). The highest BCUT2D eigenvalue weighted by atomic mass is 35.5. The molecule has 0 radical (unpaired) electrons. The molecule has 0 saturated carbocycles. The van der Waals surface area contributed by atoms with Crippen molar-refractivity contribution in [3.63, 3.8) is 0 Å². The van der Waals surface area contributed by atoms with Gasteiger partial charge in [-0.05, 0) is 12.1 Å². The second-order valence-corrected chi connectivity index (χ2v) is 3.79. The van der Waals surface area contributed by atoms with E-state index in [4.69, 9.17) is 11.6 Å². The number of carbonyl (C=O) groups is 2.